The first-order chi connectivity index (χ1) is 17.9. The number of nitrogens with one attached hydrogen (secondary N) is 2. The van der Waals surface area contributed by atoms with E-state index in [-0.39, 0.29) is 25.2 Å². The highest BCUT2D eigenvalue weighted by molar-refractivity contribution is 5.89. The zero-order valence-electron chi connectivity index (χ0n) is 22.8. The van der Waals surface area contributed by atoms with Crippen LogP contribution in [-0.2, 0) is 30.2 Å². The molecule has 0 spiro atoms. The molecular formula is C27H42N2O9. The van der Waals surface area contributed by atoms with Gasteiger partial charge in [0.2, 0.25) is 5.91 Å². The summed E-state index contributed by atoms with van der Waals surface area (Å²) >= 11 is 0. The summed E-state index contributed by atoms with van der Waals surface area (Å²) in [7, 11) is 1.15. The van der Waals surface area contributed by atoms with Crippen LogP contribution in [0.25, 0.3) is 0 Å². The van der Waals surface area contributed by atoms with Crippen LogP contribution in [0.1, 0.15) is 39.7 Å². The van der Waals surface area contributed by atoms with Gasteiger partial charge >= 0.3 is 6.16 Å². The van der Waals surface area contributed by atoms with E-state index >= 15 is 0 Å². The molecule has 0 saturated carbocycles. The van der Waals surface area contributed by atoms with E-state index in [0.29, 0.717) is 6.42 Å². The standard InChI is InChI=1S/C27H42N2O9/c1-18(29-25(34)23(36-5)22(32)21(31)20(30)13-14-27(2,3)4)24(33)28-15-17-38-26(35)37-16-9-12-19-10-7-6-8-11-19/h6-8,10-11,13-14,18,20-23,30-32H,9,12,15-17H2,1-5H3,(H,28,33)(H,29,34)/b14-13+/t18-,20+,21-,22+,23+/m0/s1. The van der Waals surface area contributed by atoms with Crippen LogP contribution in [0.5, 0.6) is 0 Å². The van der Waals surface area contributed by atoms with Crippen molar-refractivity contribution < 1.29 is 43.9 Å². The Morgan fingerprint density at radius 2 is 1.61 bits per heavy atom. The largest absolute Gasteiger partial charge is 0.508 e. The molecule has 0 unspecified atom stereocenters. The maximum absolute atomic E-state index is 12.5. The predicted octanol–water partition coefficient (Wildman–Crippen LogP) is 1.09. The van der Waals surface area contributed by atoms with Gasteiger partial charge < -0.3 is 40.2 Å². The Kier molecular flexibility index (Phi) is 14.6. The van der Waals surface area contributed by atoms with Gasteiger partial charge in [0.25, 0.3) is 5.91 Å². The maximum atomic E-state index is 12.5. The molecule has 1 aromatic carbocycles. The van der Waals surface area contributed by atoms with Gasteiger partial charge in [-0.15, -0.1) is 0 Å². The molecule has 0 heterocycles. The van der Waals surface area contributed by atoms with Crippen LogP contribution in [0.3, 0.4) is 0 Å². The van der Waals surface area contributed by atoms with Crippen molar-refractivity contribution in [3.8, 4) is 0 Å². The number of allylic oxidation sites excluding steroid dienone is 1. The van der Waals surface area contributed by atoms with Crippen molar-refractivity contribution in [2.45, 2.75) is 71.0 Å². The van der Waals surface area contributed by atoms with Gasteiger partial charge in [0.1, 0.15) is 31.0 Å². The Hall–Kier alpha value is -2.99. The molecule has 1 rings (SSSR count). The number of aryl methyl sites for hydroxylation is 1. The van der Waals surface area contributed by atoms with Gasteiger partial charge in [0.05, 0.1) is 13.2 Å². The Morgan fingerprint density at radius 1 is 0.974 bits per heavy atom. The normalized spacial score (nSPS) is 15.7. The predicted molar refractivity (Wildman–Crippen MR) is 140 cm³/mol. The second kappa shape index (κ2) is 16.8. The molecule has 0 aromatic heterocycles. The Balaban J connectivity index is 2.36. The Bertz CT molecular complexity index is 886. The number of hydrogen-bond donors (Lipinski definition) is 5. The minimum Gasteiger partial charge on any atom is -0.434 e. The number of methoxy groups -OCH3 is 1. The van der Waals surface area contributed by atoms with E-state index in [1.807, 2.05) is 51.1 Å². The van der Waals surface area contributed by atoms with Gasteiger partial charge in [-0.25, -0.2) is 4.79 Å². The lowest BCUT2D eigenvalue weighted by Crippen LogP contribution is -2.55. The highest BCUT2D eigenvalue weighted by atomic mass is 16.7. The van der Waals surface area contributed by atoms with Crippen LogP contribution in [-0.4, -0.2) is 90.6 Å². The first-order valence-corrected chi connectivity index (χ1v) is 12.5. The summed E-state index contributed by atoms with van der Waals surface area (Å²) in [6.45, 7) is 7.14. The molecule has 0 bridgehead atoms. The van der Waals surface area contributed by atoms with E-state index in [1.54, 1.807) is 6.08 Å². The van der Waals surface area contributed by atoms with Crippen LogP contribution in [0.2, 0.25) is 0 Å². The molecule has 0 aliphatic heterocycles. The zero-order chi connectivity index (χ0) is 28.7. The Labute approximate surface area is 224 Å². The summed E-state index contributed by atoms with van der Waals surface area (Å²) in [5.74, 6) is -1.43. The molecule has 0 aliphatic carbocycles. The van der Waals surface area contributed by atoms with Gasteiger partial charge in [-0.1, -0.05) is 63.3 Å². The molecule has 38 heavy (non-hydrogen) atoms. The van der Waals surface area contributed by atoms with Gasteiger partial charge in [0.15, 0.2) is 6.10 Å². The third-order valence-electron chi connectivity index (χ3n) is 5.36. The molecule has 0 aliphatic rings. The smallest absolute Gasteiger partial charge is 0.434 e. The lowest BCUT2D eigenvalue weighted by atomic mass is 9.94. The fraction of sp³-hybridized carbons (Fsp3) is 0.593. The summed E-state index contributed by atoms with van der Waals surface area (Å²) < 4.78 is 14.9. The number of aliphatic hydroxyl groups is 3. The van der Waals surface area contributed by atoms with E-state index < -0.39 is 48.4 Å². The van der Waals surface area contributed by atoms with Crippen molar-refractivity contribution in [2.75, 3.05) is 26.9 Å². The molecule has 214 valence electrons. The molecule has 11 heteroatoms. The van der Waals surface area contributed by atoms with Crippen molar-refractivity contribution in [2.24, 2.45) is 5.41 Å². The average Bonchev–Trinajstić information content (AvgIpc) is 2.87. The topological polar surface area (TPSA) is 164 Å². The lowest BCUT2D eigenvalue weighted by molar-refractivity contribution is -0.150. The third kappa shape index (κ3) is 13.0. The number of carbonyl (C=O) groups excluding carboxylic acids is 3. The molecule has 11 nitrogen and oxygen atoms in total. The van der Waals surface area contributed by atoms with Crippen LogP contribution in [0.4, 0.5) is 4.79 Å². The number of benzene rings is 1. The molecule has 5 atom stereocenters. The molecule has 1 aromatic rings. The summed E-state index contributed by atoms with van der Waals surface area (Å²) in [4.78, 5) is 36.5. The van der Waals surface area contributed by atoms with Crippen molar-refractivity contribution in [1.82, 2.24) is 10.6 Å². The van der Waals surface area contributed by atoms with Crippen LogP contribution in [0, 0.1) is 5.41 Å². The molecular weight excluding hydrogens is 496 g/mol. The Morgan fingerprint density at radius 3 is 2.21 bits per heavy atom. The van der Waals surface area contributed by atoms with E-state index in [0.717, 1.165) is 19.1 Å². The second-order valence-corrected chi connectivity index (χ2v) is 9.91. The first kappa shape index (κ1) is 33.0. The molecule has 5 N–H and O–H groups in total. The van der Waals surface area contributed by atoms with Gasteiger partial charge in [-0.3, -0.25) is 9.59 Å². The molecule has 0 radical (unpaired) electrons. The fourth-order valence-electron chi connectivity index (χ4n) is 3.22. The summed E-state index contributed by atoms with van der Waals surface area (Å²) in [5, 5.41) is 35.6. The number of ether oxygens (including phenoxy) is 3. The summed E-state index contributed by atoms with van der Waals surface area (Å²) in [6.07, 6.45) is -2.89. The summed E-state index contributed by atoms with van der Waals surface area (Å²) in [6, 6.07) is 8.75. The van der Waals surface area contributed by atoms with Gasteiger partial charge in [-0.05, 0) is 30.7 Å². The van der Waals surface area contributed by atoms with Crippen molar-refractivity contribution >= 4 is 18.0 Å². The number of carbonyl (C=O) groups is 3. The number of rotatable bonds is 15. The van der Waals surface area contributed by atoms with E-state index in [9.17, 15) is 29.7 Å². The summed E-state index contributed by atoms with van der Waals surface area (Å²) in [5.41, 5.74) is 0.877. The van der Waals surface area contributed by atoms with Crippen molar-refractivity contribution in [3.05, 3.63) is 48.0 Å². The first-order valence-electron chi connectivity index (χ1n) is 12.5. The van der Waals surface area contributed by atoms with Crippen LogP contribution < -0.4 is 10.6 Å². The van der Waals surface area contributed by atoms with E-state index in [1.165, 1.54) is 13.0 Å². The quantitative estimate of drug-likeness (QED) is 0.125. The minimum atomic E-state index is -1.76. The van der Waals surface area contributed by atoms with Crippen molar-refractivity contribution in [1.29, 1.82) is 0 Å². The monoisotopic (exact) mass is 538 g/mol. The minimum absolute atomic E-state index is 0.0144. The molecule has 0 saturated heterocycles. The number of hydrogen-bond acceptors (Lipinski definition) is 9. The van der Waals surface area contributed by atoms with Gasteiger partial charge in [0, 0.05) is 7.11 Å². The maximum Gasteiger partial charge on any atom is 0.508 e. The highest BCUT2D eigenvalue weighted by Gasteiger charge is 2.36. The fourth-order valence-corrected chi connectivity index (χ4v) is 3.22. The third-order valence-corrected chi connectivity index (χ3v) is 5.36. The van der Waals surface area contributed by atoms with E-state index in [4.69, 9.17) is 14.2 Å². The molecule has 0 fully saturated rings. The number of amides is 2. The molecule has 2 amide bonds. The van der Waals surface area contributed by atoms with Crippen LogP contribution >= 0.6 is 0 Å². The number of aliphatic hydroxyl groups excluding tert-OH is 3. The SMILES string of the molecule is CO[C@@H](C(=O)N[C@@H](C)C(=O)NCCOC(=O)OCCCc1ccccc1)[C@H](O)[C@@H](O)[C@H](O)/C=C/C(C)(C)C. The van der Waals surface area contributed by atoms with Crippen molar-refractivity contribution in [3.63, 3.8) is 0 Å². The van der Waals surface area contributed by atoms with Gasteiger partial charge in [-0.2, -0.15) is 0 Å². The highest BCUT2D eigenvalue weighted by Crippen LogP contribution is 2.17. The lowest BCUT2D eigenvalue weighted by Gasteiger charge is -2.28. The van der Waals surface area contributed by atoms with Crippen LogP contribution in [0.15, 0.2) is 42.5 Å². The second-order valence-electron chi connectivity index (χ2n) is 9.91. The van der Waals surface area contributed by atoms with E-state index in [2.05, 4.69) is 10.6 Å². The average molecular weight is 539 g/mol. The zero-order valence-corrected chi connectivity index (χ0v) is 22.8.